The van der Waals surface area contributed by atoms with Gasteiger partial charge in [0.15, 0.2) is 0 Å². The number of piperidine rings is 1. The zero-order valence-corrected chi connectivity index (χ0v) is 19.1. The highest BCUT2D eigenvalue weighted by atomic mass is 16.5. The van der Waals surface area contributed by atoms with Gasteiger partial charge in [-0.15, -0.1) is 0 Å². The third-order valence-corrected chi connectivity index (χ3v) is 5.92. The molecule has 7 heteroatoms. The Kier molecular flexibility index (Phi) is 7.75. The zero-order valence-electron chi connectivity index (χ0n) is 19.1. The molecule has 0 spiro atoms. The Bertz CT molecular complexity index is 1100. The van der Waals surface area contributed by atoms with E-state index >= 15 is 0 Å². The number of carbonyl (C=O) groups is 1. The third-order valence-electron chi connectivity index (χ3n) is 5.92. The minimum Gasteiger partial charge on any atom is -0.475 e. The summed E-state index contributed by atoms with van der Waals surface area (Å²) in [4.78, 5) is 19.0. The predicted octanol–water partition coefficient (Wildman–Crippen LogP) is 4.03. The fourth-order valence-corrected chi connectivity index (χ4v) is 4.22. The quantitative estimate of drug-likeness (QED) is 0.470. The van der Waals surface area contributed by atoms with E-state index in [9.17, 15) is 4.79 Å². The number of amides is 1. The van der Waals surface area contributed by atoms with E-state index in [0.717, 1.165) is 24.0 Å². The van der Waals surface area contributed by atoms with Crippen LogP contribution in [0.15, 0.2) is 48.7 Å². The van der Waals surface area contributed by atoms with Gasteiger partial charge in [0.1, 0.15) is 12.2 Å². The number of hydrogen-bond donors (Lipinski definition) is 1. The molecular formula is C26H31N3O4. The number of aromatic nitrogens is 1. The lowest BCUT2D eigenvalue weighted by Crippen LogP contribution is -2.29. The maximum Gasteiger partial charge on any atom is 0.254 e. The number of benzene rings is 2. The minimum atomic E-state index is -0.575. The number of nitrogens with zero attached hydrogens (tertiary/aromatic N) is 2. The number of carbonyl (C=O) groups excluding carboxylic acids is 1. The molecule has 1 fully saturated rings. The van der Waals surface area contributed by atoms with Gasteiger partial charge in [0.25, 0.3) is 5.91 Å². The molecule has 33 heavy (non-hydrogen) atoms. The van der Waals surface area contributed by atoms with Crippen LogP contribution in [0.1, 0.15) is 29.6 Å². The molecule has 1 saturated heterocycles. The second-order valence-electron chi connectivity index (χ2n) is 8.15. The second kappa shape index (κ2) is 11.1. The number of hydrogen-bond acceptors (Lipinski definition) is 6. The molecule has 2 heterocycles. The lowest BCUT2D eigenvalue weighted by Gasteiger charge is -2.29. The van der Waals surface area contributed by atoms with Crippen molar-refractivity contribution in [2.24, 2.45) is 5.73 Å². The minimum absolute atomic E-state index is 0.218. The number of primary amides is 1. The standard InChI is InChI=1S/C26H31N3O4/c1-31-13-14-32-15-16-33-26-24(25(27)30)23(9-10-28-26)21-6-5-20-18-22(8-7-19(20)17-21)29-11-3-2-4-12-29/h5-10,17-18H,2-4,11-16H2,1H3,(H2,27,30). The Balaban J connectivity index is 1.56. The Morgan fingerprint density at radius 3 is 2.52 bits per heavy atom. The van der Waals surface area contributed by atoms with Crippen LogP contribution >= 0.6 is 0 Å². The van der Waals surface area contributed by atoms with Gasteiger partial charge >= 0.3 is 0 Å². The summed E-state index contributed by atoms with van der Waals surface area (Å²) in [5, 5.41) is 2.27. The van der Waals surface area contributed by atoms with E-state index in [0.29, 0.717) is 25.4 Å². The van der Waals surface area contributed by atoms with Crippen LogP contribution in [0.25, 0.3) is 21.9 Å². The van der Waals surface area contributed by atoms with Crippen molar-refractivity contribution in [2.75, 3.05) is 51.5 Å². The van der Waals surface area contributed by atoms with Crippen LogP contribution in [0, 0.1) is 0 Å². The van der Waals surface area contributed by atoms with Crippen molar-refractivity contribution in [3.8, 4) is 17.0 Å². The second-order valence-corrected chi connectivity index (χ2v) is 8.15. The van der Waals surface area contributed by atoms with Crippen LogP contribution in [0.2, 0.25) is 0 Å². The number of pyridine rings is 1. The number of anilines is 1. The molecule has 0 unspecified atom stereocenters. The number of ether oxygens (including phenoxy) is 3. The van der Waals surface area contributed by atoms with Crippen molar-refractivity contribution in [3.63, 3.8) is 0 Å². The molecule has 0 aliphatic carbocycles. The Morgan fingerprint density at radius 1 is 0.970 bits per heavy atom. The third kappa shape index (κ3) is 5.61. The summed E-state index contributed by atoms with van der Waals surface area (Å²) in [5.41, 5.74) is 8.86. The average Bonchev–Trinajstić information content (AvgIpc) is 2.85. The highest BCUT2D eigenvalue weighted by Crippen LogP contribution is 2.32. The SMILES string of the molecule is COCCOCCOc1nccc(-c2ccc3cc(N4CCCCC4)ccc3c2)c1C(N)=O. The van der Waals surface area contributed by atoms with Crippen LogP contribution < -0.4 is 15.4 Å². The molecule has 3 aromatic rings. The molecule has 0 bridgehead atoms. The van der Waals surface area contributed by atoms with E-state index in [2.05, 4.69) is 40.2 Å². The largest absolute Gasteiger partial charge is 0.475 e. The van der Waals surface area contributed by atoms with Crippen molar-refractivity contribution < 1.29 is 19.0 Å². The smallest absolute Gasteiger partial charge is 0.254 e. The number of nitrogens with two attached hydrogens (primary N) is 1. The molecule has 0 saturated carbocycles. The first-order valence-corrected chi connectivity index (χ1v) is 11.4. The maximum atomic E-state index is 12.3. The highest BCUT2D eigenvalue weighted by Gasteiger charge is 2.18. The van der Waals surface area contributed by atoms with Crippen molar-refractivity contribution >= 4 is 22.4 Å². The van der Waals surface area contributed by atoms with Crippen LogP contribution in [-0.2, 0) is 9.47 Å². The summed E-state index contributed by atoms with van der Waals surface area (Å²) in [6, 6.07) is 14.5. The van der Waals surface area contributed by atoms with Gasteiger partial charge in [-0.2, -0.15) is 0 Å². The average molecular weight is 450 g/mol. The normalized spacial score (nSPS) is 13.9. The van der Waals surface area contributed by atoms with Gasteiger partial charge in [0.2, 0.25) is 5.88 Å². The lowest BCUT2D eigenvalue weighted by atomic mass is 9.97. The van der Waals surface area contributed by atoms with E-state index in [1.807, 2.05) is 6.07 Å². The fourth-order valence-electron chi connectivity index (χ4n) is 4.22. The summed E-state index contributed by atoms with van der Waals surface area (Å²) in [6.07, 6.45) is 5.44. The van der Waals surface area contributed by atoms with Crippen molar-refractivity contribution in [1.29, 1.82) is 0 Å². The molecule has 4 rings (SSSR count). The van der Waals surface area contributed by atoms with E-state index < -0.39 is 5.91 Å². The number of rotatable bonds is 10. The van der Waals surface area contributed by atoms with Crippen molar-refractivity contribution in [2.45, 2.75) is 19.3 Å². The molecule has 1 amide bonds. The summed E-state index contributed by atoms with van der Waals surface area (Å²) in [6.45, 7) is 3.85. The van der Waals surface area contributed by atoms with Gasteiger partial charge in [-0.25, -0.2) is 4.98 Å². The Morgan fingerprint density at radius 2 is 1.73 bits per heavy atom. The number of fused-ring (bicyclic) bond motifs is 1. The van der Waals surface area contributed by atoms with Crippen molar-refractivity contribution in [3.05, 3.63) is 54.2 Å². The molecule has 0 atom stereocenters. The molecule has 1 aliphatic rings. The first kappa shape index (κ1) is 23.0. The van der Waals surface area contributed by atoms with Crippen LogP contribution in [0.3, 0.4) is 0 Å². The van der Waals surface area contributed by atoms with Gasteiger partial charge < -0.3 is 24.8 Å². The Labute approximate surface area is 194 Å². The van der Waals surface area contributed by atoms with Crippen LogP contribution in [0.5, 0.6) is 5.88 Å². The first-order chi connectivity index (χ1) is 16.2. The van der Waals surface area contributed by atoms with Gasteiger partial charge in [-0.05, 0) is 59.9 Å². The zero-order chi connectivity index (χ0) is 23.0. The summed E-state index contributed by atoms with van der Waals surface area (Å²) >= 11 is 0. The summed E-state index contributed by atoms with van der Waals surface area (Å²) in [7, 11) is 1.62. The van der Waals surface area contributed by atoms with E-state index in [1.165, 1.54) is 30.3 Å². The maximum absolute atomic E-state index is 12.3. The van der Waals surface area contributed by atoms with E-state index in [1.54, 1.807) is 19.4 Å². The van der Waals surface area contributed by atoms with Crippen molar-refractivity contribution in [1.82, 2.24) is 4.98 Å². The van der Waals surface area contributed by atoms with E-state index in [4.69, 9.17) is 19.9 Å². The fraction of sp³-hybridized carbons (Fsp3) is 0.385. The molecular weight excluding hydrogens is 418 g/mol. The number of methoxy groups -OCH3 is 1. The first-order valence-electron chi connectivity index (χ1n) is 11.4. The predicted molar refractivity (Wildman–Crippen MR) is 130 cm³/mol. The molecule has 7 nitrogen and oxygen atoms in total. The highest BCUT2D eigenvalue weighted by molar-refractivity contribution is 6.03. The van der Waals surface area contributed by atoms with Gasteiger partial charge in [-0.1, -0.05) is 18.2 Å². The van der Waals surface area contributed by atoms with Crippen LogP contribution in [0.4, 0.5) is 5.69 Å². The topological polar surface area (TPSA) is 86.9 Å². The summed E-state index contributed by atoms with van der Waals surface area (Å²) < 4.78 is 16.1. The lowest BCUT2D eigenvalue weighted by molar-refractivity contribution is 0.0534. The monoisotopic (exact) mass is 449 g/mol. The van der Waals surface area contributed by atoms with Gasteiger partial charge in [0.05, 0.1) is 19.8 Å². The van der Waals surface area contributed by atoms with Gasteiger partial charge in [-0.3, -0.25) is 4.79 Å². The molecule has 2 N–H and O–H groups in total. The molecule has 0 radical (unpaired) electrons. The molecule has 2 aromatic carbocycles. The van der Waals surface area contributed by atoms with Gasteiger partial charge in [0, 0.05) is 37.6 Å². The molecule has 1 aliphatic heterocycles. The van der Waals surface area contributed by atoms with Crippen LogP contribution in [-0.4, -0.2) is 57.5 Å². The summed E-state index contributed by atoms with van der Waals surface area (Å²) in [5.74, 6) is -0.357. The van der Waals surface area contributed by atoms with E-state index in [-0.39, 0.29) is 18.1 Å². The molecule has 1 aromatic heterocycles. The molecule has 174 valence electrons. The Hall–Kier alpha value is -3.16.